The van der Waals surface area contributed by atoms with Gasteiger partial charge in [0, 0.05) is 16.6 Å². The van der Waals surface area contributed by atoms with Crippen LogP contribution < -0.4 is 16.6 Å². The van der Waals surface area contributed by atoms with E-state index in [0.29, 0.717) is 15.6 Å². The molecule has 9 nitrogen and oxygen atoms in total. The third-order valence-corrected chi connectivity index (χ3v) is 4.98. The molecule has 1 aliphatic heterocycles. The van der Waals surface area contributed by atoms with Crippen molar-refractivity contribution in [2.45, 2.75) is 13.8 Å². The SMILES string of the molecule is Cc1c(Br)cc([N+](=O)[O-])c(-n2c(N)c3c(cc2=O)C(=O)NC3=O)c1C. The van der Waals surface area contributed by atoms with Gasteiger partial charge in [-0.2, -0.15) is 0 Å². The molecule has 2 aromatic rings. The molecule has 0 saturated carbocycles. The Balaban J connectivity index is 2.48. The fourth-order valence-electron chi connectivity index (χ4n) is 2.78. The van der Waals surface area contributed by atoms with Crippen LogP contribution in [0.4, 0.5) is 11.5 Å². The van der Waals surface area contributed by atoms with Gasteiger partial charge in [0.05, 0.1) is 16.1 Å². The molecule has 2 amide bonds. The molecule has 25 heavy (non-hydrogen) atoms. The Morgan fingerprint density at radius 2 is 1.80 bits per heavy atom. The Morgan fingerprint density at radius 3 is 2.40 bits per heavy atom. The van der Waals surface area contributed by atoms with Gasteiger partial charge in [-0.3, -0.25) is 34.4 Å². The zero-order valence-corrected chi connectivity index (χ0v) is 14.6. The topological polar surface area (TPSA) is 137 Å². The maximum Gasteiger partial charge on any atom is 0.294 e. The number of benzene rings is 1. The summed E-state index contributed by atoms with van der Waals surface area (Å²) in [6.07, 6.45) is 0. The lowest BCUT2D eigenvalue weighted by molar-refractivity contribution is -0.384. The standard InChI is InChI=1S/C15H11BrN4O5/c1-5-6(2)12(9(20(24)25)4-8(5)16)19-10(21)3-7-11(13(19)17)15(23)18-14(7)22/h3-4H,17H2,1-2H3,(H,18,22,23). The van der Waals surface area contributed by atoms with E-state index in [9.17, 15) is 24.5 Å². The van der Waals surface area contributed by atoms with Crippen LogP contribution in [0.3, 0.4) is 0 Å². The van der Waals surface area contributed by atoms with Gasteiger partial charge in [0.2, 0.25) is 0 Å². The molecule has 1 aromatic carbocycles. The number of nitro benzene ring substituents is 1. The third kappa shape index (κ3) is 2.33. The van der Waals surface area contributed by atoms with Crippen molar-refractivity contribution in [3.05, 3.63) is 59.3 Å². The van der Waals surface area contributed by atoms with Crippen LogP contribution in [0, 0.1) is 24.0 Å². The first kappa shape index (κ1) is 16.8. The summed E-state index contributed by atoms with van der Waals surface area (Å²) in [5.74, 6) is -1.80. The van der Waals surface area contributed by atoms with Crippen molar-refractivity contribution in [3.8, 4) is 5.69 Å². The van der Waals surface area contributed by atoms with Gasteiger partial charge < -0.3 is 5.73 Å². The molecule has 0 fully saturated rings. The van der Waals surface area contributed by atoms with E-state index in [4.69, 9.17) is 5.73 Å². The largest absolute Gasteiger partial charge is 0.384 e. The number of nitro groups is 1. The average Bonchev–Trinajstić information content (AvgIpc) is 2.80. The van der Waals surface area contributed by atoms with Crippen molar-refractivity contribution in [1.82, 2.24) is 9.88 Å². The Hall–Kier alpha value is -3.01. The molecule has 0 aliphatic carbocycles. The molecule has 2 heterocycles. The van der Waals surface area contributed by atoms with Crippen molar-refractivity contribution >= 4 is 39.2 Å². The predicted molar refractivity (Wildman–Crippen MR) is 92.1 cm³/mol. The lowest BCUT2D eigenvalue weighted by Gasteiger charge is -2.16. The van der Waals surface area contributed by atoms with Crippen LogP contribution >= 0.6 is 15.9 Å². The van der Waals surface area contributed by atoms with E-state index < -0.39 is 22.3 Å². The first-order chi connectivity index (χ1) is 11.6. The van der Waals surface area contributed by atoms with Crippen LogP contribution in [0.2, 0.25) is 0 Å². The quantitative estimate of drug-likeness (QED) is 0.441. The molecule has 0 spiro atoms. The number of fused-ring (bicyclic) bond motifs is 1. The summed E-state index contributed by atoms with van der Waals surface area (Å²) < 4.78 is 1.39. The first-order valence-corrected chi connectivity index (χ1v) is 7.80. The van der Waals surface area contributed by atoms with Gasteiger partial charge in [-0.05, 0) is 25.0 Å². The van der Waals surface area contributed by atoms with Crippen molar-refractivity contribution < 1.29 is 14.5 Å². The summed E-state index contributed by atoms with van der Waals surface area (Å²) in [6.45, 7) is 3.32. The molecule has 10 heteroatoms. The van der Waals surface area contributed by atoms with Gasteiger partial charge >= 0.3 is 0 Å². The van der Waals surface area contributed by atoms with Crippen molar-refractivity contribution in [3.63, 3.8) is 0 Å². The number of anilines is 1. The number of aromatic nitrogens is 1. The molecule has 128 valence electrons. The number of nitrogens with zero attached hydrogens (tertiary/aromatic N) is 2. The fourth-order valence-corrected chi connectivity index (χ4v) is 3.29. The fraction of sp³-hybridized carbons (Fsp3) is 0.133. The van der Waals surface area contributed by atoms with Gasteiger partial charge in [-0.15, -0.1) is 0 Å². The summed E-state index contributed by atoms with van der Waals surface area (Å²) in [5, 5.41) is 13.5. The van der Waals surface area contributed by atoms with Crippen LogP contribution in [0.25, 0.3) is 5.69 Å². The van der Waals surface area contributed by atoms with E-state index in [0.717, 1.165) is 10.6 Å². The second-order valence-electron chi connectivity index (χ2n) is 5.51. The number of hydrogen-bond donors (Lipinski definition) is 2. The molecule has 0 radical (unpaired) electrons. The predicted octanol–water partition coefficient (Wildman–Crippen LogP) is 1.59. The lowest BCUT2D eigenvalue weighted by Crippen LogP contribution is -2.25. The van der Waals surface area contributed by atoms with E-state index in [2.05, 4.69) is 15.9 Å². The number of nitrogen functional groups attached to an aromatic ring is 1. The zero-order valence-electron chi connectivity index (χ0n) is 13.0. The van der Waals surface area contributed by atoms with E-state index in [1.165, 1.54) is 6.07 Å². The zero-order chi connectivity index (χ0) is 18.6. The van der Waals surface area contributed by atoms with Crippen LogP contribution in [0.5, 0.6) is 0 Å². The average molecular weight is 407 g/mol. The van der Waals surface area contributed by atoms with Crippen molar-refractivity contribution in [1.29, 1.82) is 0 Å². The summed E-state index contributed by atoms with van der Waals surface area (Å²) in [6, 6.07) is 2.22. The minimum absolute atomic E-state index is 0.0388. The highest BCUT2D eigenvalue weighted by atomic mass is 79.9. The summed E-state index contributed by atoms with van der Waals surface area (Å²) in [5.41, 5.74) is 5.64. The van der Waals surface area contributed by atoms with Gasteiger partial charge in [0.15, 0.2) is 0 Å². The maximum atomic E-state index is 12.5. The van der Waals surface area contributed by atoms with Gasteiger partial charge in [-0.1, -0.05) is 15.9 Å². The summed E-state index contributed by atoms with van der Waals surface area (Å²) in [4.78, 5) is 47.0. The minimum Gasteiger partial charge on any atom is -0.384 e. The molecule has 3 rings (SSSR count). The number of rotatable bonds is 2. The van der Waals surface area contributed by atoms with E-state index in [1.54, 1.807) is 13.8 Å². The van der Waals surface area contributed by atoms with Crippen LogP contribution in [-0.4, -0.2) is 21.3 Å². The molecule has 0 unspecified atom stereocenters. The number of carbonyl (C=O) groups is 2. The maximum absolute atomic E-state index is 12.5. The summed E-state index contributed by atoms with van der Waals surface area (Å²) >= 11 is 3.24. The number of nitrogens with one attached hydrogen (secondary N) is 1. The molecule has 0 bridgehead atoms. The Bertz CT molecular complexity index is 1060. The highest BCUT2D eigenvalue weighted by Crippen LogP contribution is 2.35. The monoisotopic (exact) mass is 406 g/mol. The molecule has 0 atom stereocenters. The second-order valence-corrected chi connectivity index (χ2v) is 6.36. The Labute approximate surface area is 148 Å². The highest BCUT2D eigenvalue weighted by Gasteiger charge is 2.33. The summed E-state index contributed by atoms with van der Waals surface area (Å²) in [7, 11) is 0. The van der Waals surface area contributed by atoms with Crippen molar-refractivity contribution in [2.24, 2.45) is 0 Å². The normalized spacial score (nSPS) is 12.9. The first-order valence-electron chi connectivity index (χ1n) is 7.00. The lowest BCUT2D eigenvalue weighted by atomic mass is 10.0. The van der Waals surface area contributed by atoms with Crippen molar-refractivity contribution in [2.75, 3.05) is 5.73 Å². The number of pyridine rings is 1. The molecule has 0 saturated heterocycles. The van der Waals surface area contributed by atoms with Gasteiger partial charge in [0.25, 0.3) is 23.1 Å². The highest BCUT2D eigenvalue weighted by molar-refractivity contribution is 9.10. The van der Waals surface area contributed by atoms with E-state index in [1.807, 2.05) is 5.32 Å². The Morgan fingerprint density at radius 1 is 1.16 bits per heavy atom. The molecular weight excluding hydrogens is 396 g/mol. The number of carbonyl (C=O) groups excluding carboxylic acids is 2. The van der Waals surface area contributed by atoms with Crippen LogP contribution in [-0.2, 0) is 0 Å². The van der Waals surface area contributed by atoms with Gasteiger partial charge in [0.1, 0.15) is 11.5 Å². The number of halogens is 1. The molecule has 3 N–H and O–H groups in total. The smallest absolute Gasteiger partial charge is 0.294 e. The van der Waals surface area contributed by atoms with E-state index >= 15 is 0 Å². The minimum atomic E-state index is -0.750. The third-order valence-electron chi connectivity index (χ3n) is 4.16. The number of imide groups is 1. The Kier molecular flexibility index (Phi) is 3.72. The van der Waals surface area contributed by atoms with Crippen LogP contribution in [0.1, 0.15) is 31.8 Å². The van der Waals surface area contributed by atoms with E-state index in [-0.39, 0.29) is 28.3 Å². The number of hydrogen-bond acceptors (Lipinski definition) is 6. The molecule has 1 aromatic heterocycles. The van der Waals surface area contributed by atoms with Crippen LogP contribution in [0.15, 0.2) is 21.4 Å². The second kappa shape index (κ2) is 5.52. The molecular formula is C15H11BrN4O5. The molecule has 1 aliphatic rings. The number of amides is 2. The number of nitrogens with two attached hydrogens (primary N) is 1. The van der Waals surface area contributed by atoms with Gasteiger partial charge in [-0.25, -0.2) is 0 Å².